The van der Waals surface area contributed by atoms with Crippen molar-refractivity contribution in [3.63, 3.8) is 0 Å². The van der Waals surface area contributed by atoms with Gasteiger partial charge in [0.1, 0.15) is 6.61 Å². The first kappa shape index (κ1) is 16.4. The Labute approximate surface area is 137 Å². The maximum atomic E-state index is 11.6. The fourth-order valence-electron chi connectivity index (χ4n) is 1.95. The summed E-state index contributed by atoms with van der Waals surface area (Å²) >= 11 is 0. The van der Waals surface area contributed by atoms with Crippen LogP contribution in [-0.4, -0.2) is 12.6 Å². The number of hydrogen-bond acceptors (Lipinski definition) is 2. The highest BCUT2D eigenvalue weighted by molar-refractivity contribution is 5.67. The molecule has 0 saturated heterocycles. The molecule has 0 bridgehead atoms. The molecule has 0 aromatic heterocycles. The summed E-state index contributed by atoms with van der Waals surface area (Å²) in [7, 11) is 0. The van der Waals surface area contributed by atoms with Crippen LogP contribution in [0.3, 0.4) is 0 Å². The monoisotopic (exact) mass is 305 g/mol. The number of amides is 1. The van der Waals surface area contributed by atoms with Gasteiger partial charge in [0.2, 0.25) is 0 Å². The summed E-state index contributed by atoms with van der Waals surface area (Å²) in [6.07, 6.45) is 1.91. The van der Waals surface area contributed by atoms with Gasteiger partial charge in [0.05, 0.1) is 0 Å². The van der Waals surface area contributed by atoms with Crippen LogP contribution in [0, 0.1) is 11.8 Å². The second kappa shape index (κ2) is 9.11. The van der Waals surface area contributed by atoms with Gasteiger partial charge in [-0.1, -0.05) is 73.0 Å². The minimum absolute atomic E-state index is 0.269. The molecule has 0 atom stereocenters. The molecule has 2 aromatic carbocycles. The first-order chi connectivity index (χ1) is 11.3. The van der Waals surface area contributed by atoms with Gasteiger partial charge in [0.25, 0.3) is 0 Å². The van der Waals surface area contributed by atoms with E-state index in [1.54, 1.807) is 6.08 Å². The molecule has 0 aliphatic rings. The van der Waals surface area contributed by atoms with E-state index in [2.05, 4.69) is 23.7 Å². The molecule has 2 aromatic rings. The molecule has 1 N–H and O–H groups in total. The van der Waals surface area contributed by atoms with Gasteiger partial charge in [-0.2, -0.15) is 0 Å². The van der Waals surface area contributed by atoms with E-state index in [-0.39, 0.29) is 6.61 Å². The van der Waals surface area contributed by atoms with E-state index in [9.17, 15) is 4.79 Å². The van der Waals surface area contributed by atoms with Gasteiger partial charge in [-0.25, -0.2) is 4.79 Å². The molecule has 0 radical (unpaired) electrons. The lowest BCUT2D eigenvalue weighted by Crippen LogP contribution is -2.24. The average Bonchev–Trinajstić information content (AvgIpc) is 2.61. The van der Waals surface area contributed by atoms with Gasteiger partial charge in [0, 0.05) is 18.5 Å². The Morgan fingerprint density at radius 1 is 1.13 bits per heavy atom. The van der Waals surface area contributed by atoms with Gasteiger partial charge in [-0.15, -0.1) is 0 Å². The summed E-state index contributed by atoms with van der Waals surface area (Å²) in [5.41, 5.74) is 2.91. The van der Waals surface area contributed by atoms with Crippen molar-refractivity contribution in [2.45, 2.75) is 13.0 Å². The van der Waals surface area contributed by atoms with Gasteiger partial charge in [0.15, 0.2) is 0 Å². The Hall–Kier alpha value is -2.99. The van der Waals surface area contributed by atoms with E-state index in [4.69, 9.17) is 4.74 Å². The van der Waals surface area contributed by atoms with Crippen LogP contribution in [0.5, 0.6) is 0 Å². The first-order valence-corrected chi connectivity index (χ1v) is 7.44. The Kier molecular flexibility index (Phi) is 6.49. The van der Waals surface area contributed by atoms with E-state index < -0.39 is 6.09 Å². The maximum Gasteiger partial charge on any atom is 0.407 e. The van der Waals surface area contributed by atoms with E-state index in [1.165, 1.54) is 0 Å². The maximum absolute atomic E-state index is 11.6. The Bertz CT molecular complexity index is 711. The number of nitrogens with one attached hydrogen (secondary N) is 1. The van der Waals surface area contributed by atoms with Crippen LogP contribution in [0.1, 0.15) is 23.1 Å². The topological polar surface area (TPSA) is 38.3 Å². The molecule has 23 heavy (non-hydrogen) atoms. The molecule has 0 unspecified atom stereocenters. The smallest absolute Gasteiger partial charge is 0.407 e. The zero-order chi connectivity index (χ0) is 16.3. The normalized spacial score (nSPS) is 9.39. The second-order valence-electron chi connectivity index (χ2n) is 4.83. The van der Waals surface area contributed by atoms with Crippen molar-refractivity contribution in [3.05, 3.63) is 77.9 Å². The van der Waals surface area contributed by atoms with E-state index in [0.717, 1.165) is 16.7 Å². The van der Waals surface area contributed by atoms with Crippen molar-refractivity contribution in [2.75, 3.05) is 6.54 Å². The largest absolute Gasteiger partial charge is 0.445 e. The summed E-state index contributed by atoms with van der Waals surface area (Å²) < 4.78 is 5.12. The molecule has 116 valence electrons. The lowest BCUT2D eigenvalue weighted by molar-refractivity contribution is 0.140. The molecule has 2 rings (SSSR count). The minimum Gasteiger partial charge on any atom is -0.445 e. The van der Waals surface area contributed by atoms with Crippen molar-refractivity contribution in [3.8, 4) is 11.8 Å². The predicted octanol–water partition coefficient (Wildman–Crippen LogP) is 4.00. The highest BCUT2D eigenvalue weighted by Crippen LogP contribution is 2.08. The van der Waals surface area contributed by atoms with Crippen LogP contribution in [0.25, 0.3) is 6.08 Å². The number of carbonyl (C=O) groups excluding carboxylic acids is 1. The number of hydrogen-bond donors (Lipinski definition) is 1. The quantitative estimate of drug-likeness (QED) is 0.670. The molecule has 0 heterocycles. The molecule has 1 amide bonds. The highest BCUT2D eigenvalue weighted by atomic mass is 16.5. The molecular weight excluding hydrogens is 286 g/mol. The Morgan fingerprint density at radius 3 is 2.65 bits per heavy atom. The van der Waals surface area contributed by atoms with Crippen molar-refractivity contribution in [2.24, 2.45) is 0 Å². The summed E-state index contributed by atoms with van der Waals surface area (Å²) in [4.78, 5) is 11.6. The molecule has 3 heteroatoms. The van der Waals surface area contributed by atoms with Crippen LogP contribution >= 0.6 is 0 Å². The summed E-state index contributed by atoms with van der Waals surface area (Å²) in [6, 6.07) is 17.4. The van der Waals surface area contributed by atoms with E-state index in [1.807, 2.05) is 54.6 Å². The molecule has 3 nitrogen and oxygen atoms in total. The standard InChI is InChI=1S/C20H19NO2/c1-2-18-12-6-7-13-19(18)14-8-9-15-21-20(22)23-16-17-10-4-3-5-11-17/h2-7,10-13H,1,9,15-16H2,(H,21,22). The number of alkyl carbamates (subject to hydrolysis) is 1. The number of rotatable bonds is 5. The lowest BCUT2D eigenvalue weighted by atomic mass is 10.1. The predicted molar refractivity (Wildman–Crippen MR) is 92.7 cm³/mol. The number of benzene rings is 2. The highest BCUT2D eigenvalue weighted by Gasteiger charge is 2.00. The summed E-state index contributed by atoms with van der Waals surface area (Å²) in [5.74, 6) is 6.12. The SMILES string of the molecule is C=Cc1ccccc1C#CCCNC(=O)OCc1ccccc1. The Balaban J connectivity index is 1.70. The fraction of sp³-hybridized carbons (Fsp3) is 0.150. The van der Waals surface area contributed by atoms with Crippen LogP contribution in [0.2, 0.25) is 0 Å². The first-order valence-electron chi connectivity index (χ1n) is 7.44. The van der Waals surface area contributed by atoms with Crippen LogP contribution in [-0.2, 0) is 11.3 Å². The number of ether oxygens (including phenoxy) is 1. The number of carbonyl (C=O) groups is 1. The second-order valence-corrected chi connectivity index (χ2v) is 4.83. The average molecular weight is 305 g/mol. The molecule has 0 fully saturated rings. The lowest BCUT2D eigenvalue weighted by Gasteiger charge is -2.05. The summed E-state index contributed by atoms with van der Waals surface area (Å²) in [6.45, 7) is 4.49. The molecule has 0 spiro atoms. The third-order valence-corrected chi connectivity index (χ3v) is 3.14. The van der Waals surface area contributed by atoms with Crippen LogP contribution in [0.15, 0.2) is 61.2 Å². The van der Waals surface area contributed by atoms with Gasteiger partial charge in [-0.3, -0.25) is 0 Å². The molecule has 0 aliphatic carbocycles. The third-order valence-electron chi connectivity index (χ3n) is 3.14. The molecule has 0 saturated carbocycles. The van der Waals surface area contributed by atoms with Crippen LogP contribution in [0.4, 0.5) is 4.79 Å². The minimum atomic E-state index is -0.429. The zero-order valence-corrected chi connectivity index (χ0v) is 12.9. The van der Waals surface area contributed by atoms with E-state index >= 15 is 0 Å². The molecular formula is C20H19NO2. The zero-order valence-electron chi connectivity index (χ0n) is 12.9. The van der Waals surface area contributed by atoms with Crippen molar-refractivity contribution >= 4 is 12.2 Å². The van der Waals surface area contributed by atoms with E-state index in [0.29, 0.717) is 13.0 Å². The fourth-order valence-corrected chi connectivity index (χ4v) is 1.95. The van der Waals surface area contributed by atoms with Crippen molar-refractivity contribution in [1.29, 1.82) is 0 Å². The van der Waals surface area contributed by atoms with Gasteiger partial charge < -0.3 is 10.1 Å². The summed E-state index contributed by atoms with van der Waals surface area (Å²) in [5, 5.41) is 2.68. The van der Waals surface area contributed by atoms with Crippen molar-refractivity contribution in [1.82, 2.24) is 5.32 Å². The van der Waals surface area contributed by atoms with Crippen molar-refractivity contribution < 1.29 is 9.53 Å². The Morgan fingerprint density at radius 2 is 1.87 bits per heavy atom. The third kappa shape index (κ3) is 5.72. The van der Waals surface area contributed by atoms with Crippen LogP contribution < -0.4 is 5.32 Å². The molecule has 0 aliphatic heterocycles. The van der Waals surface area contributed by atoms with Gasteiger partial charge in [-0.05, 0) is 17.2 Å². The van der Waals surface area contributed by atoms with Gasteiger partial charge >= 0.3 is 6.09 Å².